The van der Waals surface area contributed by atoms with Crippen molar-refractivity contribution in [3.8, 4) is 11.1 Å². The molecule has 3 atom stereocenters. The van der Waals surface area contributed by atoms with Crippen molar-refractivity contribution in [2.75, 3.05) is 14.7 Å². The van der Waals surface area contributed by atoms with Gasteiger partial charge in [0.2, 0.25) is 0 Å². The molecular weight excluding hydrogens is 978 g/mol. The molecule has 8 aromatic carbocycles. The van der Waals surface area contributed by atoms with E-state index < -0.39 is 5.41 Å². The molecule has 8 aromatic rings. The van der Waals surface area contributed by atoms with Gasteiger partial charge in [-0.25, -0.2) is 0 Å². The molecule has 0 amide bonds. The summed E-state index contributed by atoms with van der Waals surface area (Å²) in [6.07, 6.45) is 5.93. The van der Waals surface area contributed by atoms with E-state index in [0.717, 1.165) is 12.8 Å². The Morgan fingerprint density at radius 3 is 1.78 bits per heavy atom. The van der Waals surface area contributed by atoms with Gasteiger partial charge in [-0.1, -0.05) is 181 Å². The van der Waals surface area contributed by atoms with Crippen LogP contribution < -0.4 is 31.1 Å². The van der Waals surface area contributed by atoms with Gasteiger partial charge in [-0.2, -0.15) is 0 Å². The Labute approximate surface area is 483 Å². The molecule has 81 heavy (non-hydrogen) atoms. The summed E-state index contributed by atoms with van der Waals surface area (Å²) in [5.41, 5.74) is 34.8. The molecule has 3 nitrogen and oxygen atoms in total. The molecule has 1 fully saturated rings. The maximum absolute atomic E-state index is 2.89. The first-order valence-electron chi connectivity index (χ1n) is 30.8. The molecule has 3 unspecified atom stereocenters. The third kappa shape index (κ3) is 5.93. The van der Waals surface area contributed by atoms with Gasteiger partial charge in [0.15, 0.2) is 0 Å². The average Bonchev–Trinajstić information content (AvgIpc) is 2.15. The third-order valence-corrected chi connectivity index (χ3v) is 23.3. The zero-order chi connectivity index (χ0) is 56.4. The largest absolute Gasteiger partial charge is 0.334 e. The van der Waals surface area contributed by atoms with Crippen molar-refractivity contribution in [3.63, 3.8) is 0 Å². The number of hydrogen-bond acceptors (Lipinski definition) is 3. The summed E-state index contributed by atoms with van der Waals surface area (Å²) in [4.78, 5) is 8.42. The predicted molar refractivity (Wildman–Crippen MR) is 344 cm³/mol. The third-order valence-electron chi connectivity index (χ3n) is 23.3. The van der Waals surface area contributed by atoms with Crippen molar-refractivity contribution in [2.45, 2.75) is 186 Å². The van der Waals surface area contributed by atoms with Crippen molar-refractivity contribution in [1.82, 2.24) is 0 Å². The van der Waals surface area contributed by atoms with Crippen LogP contribution in [0.25, 0.3) is 11.1 Å². The highest BCUT2D eigenvalue weighted by atomic mass is 15.3. The van der Waals surface area contributed by atoms with Crippen LogP contribution in [0.3, 0.4) is 0 Å². The van der Waals surface area contributed by atoms with E-state index in [4.69, 9.17) is 0 Å². The molecule has 4 heterocycles. The normalized spacial score (nSPS) is 24.2. The van der Waals surface area contributed by atoms with E-state index in [9.17, 15) is 0 Å². The first kappa shape index (κ1) is 50.0. The highest BCUT2D eigenvalue weighted by Gasteiger charge is 2.60. The fourth-order valence-corrected chi connectivity index (χ4v) is 19.3. The average molecular weight is 1060 g/mol. The molecule has 6 bridgehead atoms. The van der Waals surface area contributed by atoms with Gasteiger partial charge in [0, 0.05) is 67.0 Å². The number of benzene rings is 8. The van der Waals surface area contributed by atoms with Crippen LogP contribution in [0.5, 0.6) is 0 Å². The molecule has 0 radical (unpaired) electrons. The number of fused-ring (bicyclic) bond motifs is 19. The lowest BCUT2D eigenvalue weighted by Crippen LogP contribution is -2.62. The Bertz CT molecular complexity index is 4200. The zero-order valence-corrected chi connectivity index (χ0v) is 51.2. The molecule has 16 rings (SSSR count). The first-order valence-corrected chi connectivity index (χ1v) is 30.8. The minimum absolute atomic E-state index is 0.00305. The summed E-state index contributed by atoms with van der Waals surface area (Å²) in [7, 11) is 0. The second-order valence-corrected chi connectivity index (χ2v) is 30.6. The molecule has 0 N–H and O–H groups in total. The van der Waals surface area contributed by atoms with Crippen LogP contribution in [0.2, 0.25) is 0 Å². The lowest BCUT2D eigenvalue weighted by atomic mass is 9.33. The Kier molecular flexibility index (Phi) is 9.42. The van der Waals surface area contributed by atoms with Crippen molar-refractivity contribution in [2.24, 2.45) is 0 Å². The predicted octanol–water partition coefficient (Wildman–Crippen LogP) is 18.0. The molecule has 0 spiro atoms. The van der Waals surface area contributed by atoms with Crippen molar-refractivity contribution < 1.29 is 0 Å². The van der Waals surface area contributed by atoms with Gasteiger partial charge in [-0.15, -0.1) is 0 Å². The van der Waals surface area contributed by atoms with Gasteiger partial charge < -0.3 is 14.7 Å². The van der Waals surface area contributed by atoms with Gasteiger partial charge in [0.25, 0.3) is 6.71 Å². The van der Waals surface area contributed by atoms with Gasteiger partial charge in [-0.05, 0) is 206 Å². The van der Waals surface area contributed by atoms with E-state index >= 15 is 0 Å². The highest BCUT2D eigenvalue weighted by Crippen LogP contribution is 2.65. The summed E-state index contributed by atoms with van der Waals surface area (Å²) < 4.78 is 0. The smallest absolute Gasteiger partial charge is 0.252 e. The number of aryl methyl sites for hydroxylation is 2. The minimum Gasteiger partial charge on any atom is -0.334 e. The summed E-state index contributed by atoms with van der Waals surface area (Å²) in [6.45, 7) is 39.9. The summed E-state index contributed by atoms with van der Waals surface area (Å²) in [5.74, 6) is 0. The molecule has 4 heteroatoms. The molecule has 8 aliphatic rings. The Morgan fingerprint density at radius 1 is 0.444 bits per heavy atom. The Hall–Kier alpha value is -6.78. The molecular formula is C77H80BN3. The summed E-state index contributed by atoms with van der Waals surface area (Å²) >= 11 is 0. The van der Waals surface area contributed by atoms with Crippen LogP contribution in [0.4, 0.5) is 45.5 Å². The molecule has 4 aliphatic carbocycles. The fourth-order valence-electron chi connectivity index (χ4n) is 19.3. The maximum Gasteiger partial charge on any atom is 0.252 e. The van der Waals surface area contributed by atoms with Crippen molar-refractivity contribution in [1.29, 1.82) is 0 Å². The van der Waals surface area contributed by atoms with Crippen molar-refractivity contribution >= 4 is 68.6 Å². The van der Waals surface area contributed by atoms with Crippen LogP contribution in [0, 0.1) is 13.8 Å². The van der Waals surface area contributed by atoms with E-state index in [2.05, 4.69) is 259 Å². The minimum atomic E-state index is -0.475. The van der Waals surface area contributed by atoms with Crippen molar-refractivity contribution in [3.05, 3.63) is 206 Å². The van der Waals surface area contributed by atoms with Crippen LogP contribution in [0.15, 0.2) is 133 Å². The van der Waals surface area contributed by atoms with E-state index in [1.807, 2.05) is 0 Å². The molecule has 0 saturated heterocycles. The lowest BCUT2D eigenvalue weighted by Gasteiger charge is -2.51. The van der Waals surface area contributed by atoms with E-state index in [-0.39, 0.29) is 44.7 Å². The van der Waals surface area contributed by atoms with Gasteiger partial charge in [0.1, 0.15) is 0 Å². The van der Waals surface area contributed by atoms with Crippen LogP contribution >= 0.6 is 0 Å². The molecule has 406 valence electrons. The van der Waals surface area contributed by atoms with Crippen LogP contribution in [-0.2, 0) is 37.9 Å². The van der Waals surface area contributed by atoms with Gasteiger partial charge in [-0.3, -0.25) is 0 Å². The number of rotatable bonds is 1. The SMILES string of the molecule is Cc1cc2c3c(c1)N(c1cccc4c1-c1ccccc1C4(C)C)c1cc4c(cc1B3c1ccc3cc1N2c1cc2c(cc1C)C(C)(C)c1ccccc1C2(C)c1cc2c(cc1C(C)(C)C)C1(C)CCCCC1(C)N32)C(C)(C)CC4(C)C. The molecule has 0 aromatic heterocycles. The highest BCUT2D eigenvalue weighted by molar-refractivity contribution is 7.00. The summed E-state index contributed by atoms with van der Waals surface area (Å²) in [5, 5.41) is 0. The second-order valence-electron chi connectivity index (χ2n) is 30.6. The maximum atomic E-state index is 2.89. The van der Waals surface area contributed by atoms with Gasteiger partial charge in [0.05, 0.1) is 11.2 Å². The Balaban J connectivity index is 1.06. The molecule has 1 saturated carbocycles. The monoisotopic (exact) mass is 1060 g/mol. The fraction of sp³-hybridized carbons (Fsp3) is 0.377. The number of anilines is 8. The number of nitrogens with zero attached hydrogens (tertiary/aromatic N) is 3. The topological polar surface area (TPSA) is 9.72 Å². The Morgan fingerprint density at radius 2 is 1.05 bits per heavy atom. The number of hydrogen-bond donors (Lipinski definition) is 0. The second kappa shape index (κ2) is 15.3. The zero-order valence-electron chi connectivity index (χ0n) is 51.2. The summed E-state index contributed by atoms with van der Waals surface area (Å²) in [6, 6.07) is 55.1. The standard InChI is InChI=1S/C77H80BN3/c1-44-34-66-69-67(35-44)80-62-41-57-55(36-45(62)2)74(12,13)49-26-19-20-27-50(49)77(57,16)56-42-63-58(38-52(56)70(3,4)5)75(14)32-21-22-33-76(75,15)81(63)46-30-31-59(64(80)37-46)78(69)60-39-53-54(72(8,9)43-71(53,6)7)40-65(60)79(66)61-29-23-28-51-68(61)47-24-17-18-25-48(47)73(51,10)11/h17-20,23-31,34-42H,21-22,32-33,43H2,1-16H3. The van der Waals surface area contributed by atoms with Crippen LogP contribution in [0.1, 0.15) is 201 Å². The van der Waals surface area contributed by atoms with Gasteiger partial charge >= 0.3 is 0 Å². The molecule has 4 aliphatic heterocycles. The lowest BCUT2D eigenvalue weighted by molar-refractivity contribution is 0.195. The van der Waals surface area contributed by atoms with E-state index in [1.165, 1.54) is 165 Å². The van der Waals surface area contributed by atoms with E-state index in [1.54, 1.807) is 0 Å². The first-order chi connectivity index (χ1) is 38.2. The van der Waals surface area contributed by atoms with E-state index in [0.29, 0.717) is 0 Å². The van der Waals surface area contributed by atoms with Crippen LogP contribution in [-0.4, -0.2) is 12.3 Å². The quantitative estimate of drug-likeness (QED) is 0.152.